The van der Waals surface area contributed by atoms with E-state index in [1.807, 2.05) is 18.2 Å². The number of hydrogen-bond donors (Lipinski definition) is 1. The van der Waals surface area contributed by atoms with Crippen molar-refractivity contribution in [2.24, 2.45) is 5.92 Å². The molecule has 0 fully saturated rings. The number of rotatable bonds is 10. The summed E-state index contributed by atoms with van der Waals surface area (Å²) in [4.78, 5) is 12.0. The normalized spacial score (nSPS) is 10.9. The van der Waals surface area contributed by atoms with Gasteiger partial charge in [0.2, 0.25) is 5.91 Å². The van der Waals surface area contributed by atoms with Crippen molar-refractivity contribution in [3.05, 3.63) is 41.8 Å². The van der Waals surface area contributed by atoms with Gasteiger partial charge >= 0.3 is 0 Å². The first-order chi connectivity index (χ1) is 10.1. The molecule has 0 aliphatic rings. The minimum absolute atomic E-state index is 0.0293. The van der Waals surface area contributed by atoms with Crippen LogP contribution in [0.25, 0.3) is 0 Å². The number of benzene rings is 1. The van der Waals surface area contributed by atoms with Crippen molar-refractivity contribution >= 4 is 5.91 Å². The van der Waals surface area contributed by atoms with Crippen molar-refractivity contribution in [1.82, 2.24) is 5.32 Å². The first kappa shape index (κ1) is 17.7. The lowest BCUT2D eigenvalue weighted by molar-refractivity contribution is -0.117. The summed E-state index contributed by atoms with van der Waals surface area (Å²) in [6.07, 6.45) is 8.86. The molecule has 0 atom stereocenters. The summed E-state index contributed by atoms with van der Waals surface area (Å²) >= 11 is 0. The van der Waals surface area contributed by atoms with Crippen molar-refractivity contribution in [2.75, 3.05) is 6.54 Å². The Hall–Kier alpha value is -1.31. The Morgan fingerprint density at radius 2 is 1.86 bits per heavy atom. The number of unbranched alkanes of at least 4 members (excludes halogenated alkanes) is 4. The van der Waals surface area contributed by atoms with E-state index in [1.54, 1.807) is 6.42 Å². The molecule has 1 amide bonds. The van der Waals surface area contributed by atoms with Crippen LogP contribution in [-0.4, -0.2) is 12.5 Å². The Morgan fingerprint density at radius 1 is 1.14 bits per heavy atom. The fourth-order valence-corrected chi connectivity index (χ4v) is 2.43. The van der Waals surface area contributed by atoms with E-state index in [2.05, 4.69) is 32.2 Å². The maximum absolute atomic E-state index is 12.0. The highest BCUT2D eigenvalue weighted by Crippen LogP contribution is 2.15. The van der Waals surface area contributed by atoms with Gasteiger partial charge in [0.1, 0.15) is 0 Å². The first-order valence-electron chi connectivity index (χ1n) is 8.34. The Labute approximate surface area is 130 Å². The standard InChI is InChI=1S/C19H30NO/c1-4-5-6-7-10-13-20-19(21)15-18-12-9-8-11-17(18)14-16(2)3/h8-9,11-12,15-16H,4-7,10,13-14H2,1-3H3,(H,20,21). The largest absolute Gasteiger partial charge is 0.356 e. The number of carbonyl (C=O) groups is 1. The van der Waals surface area contributed by atoms with Crippen LogP contribution in [0.4, 0.5) is 0 Å². The van der Waals surface area contributed by atoms with E-state index in [4.69, 9.17) is 0 Å². The second-order valence-corrected chi connectivity index (χ2v) is 6.15. The third kappa shape index (κ3) is 7.89. The maximum atomic E-state index is 12.0. The molecule has 0 heterocycles. The zero-order chi connectivity index (χ0) is 15.5. The Balaban J connectivity index is 2.34. The van der Waals surface area contributed by atoms with Gasteiger partial charge in [0.25, 0.3) is 0 Å². The van der Waals surface area contributed by atoms with Crippen LogP contribution < -0.4 is 5.32 Å². The number of hydrogen-bond acceptors (Lipinski definition) is 1. The molecule has 1 N–H and O–H groups in total. The molecule has 21 heavy (non-hydrogen) atoms. The Bertz CT molecular complexity index is 412. The number of carbonyl (C=O) groups excluding carboxylic acids is 1. The minimum Gasteiger partial charge on any atom is -0.356 e. The molecule has 0 saturated carbocycles. The van der Waals surface area contributed by atoms with Crippen molar-refractivity contribution in [3.63, 3.8) is 0 Å². The van der Waals surface area contributed by atoms with Crippen molar-refractivity contribution < 1.29 is 4.79 Å². The van der Waals surface area contributed by atoms with Gasteiger partial charge in [-0.15, -0.1) is 0 Å². The molecular formula is C19H30NO. The van der Waals surface area contributed by atoms with E-state index < -0.39 is 0 Å². The highest BCUT2D eigenvalue weighted by atomic mass is 16.1. The summed E-state index contributed by atoms with van der Waals surface area (Å²) in [7, 11) is 0. The lowest BCUT2D eigenvalue weighted by Gasteiger charge is -2.11. The average molecular weight is 288 g/mol. The number of amides is 1. The van der Waals surface area contributed by atoms with E-state index in [0.717, 1.165) is 24.9 Å². The molecule has 1 rings (SSSR count). The summed E-state index contributed by atoms with van der Waals surface area (Å²) in [5, 5.41) is 2.99. The van der Waals surface area contributed by atoms with Gasteiger partial charge in [0.05, 0.1) is 6.42 Å². The fraction of sp³-hybridized carbons (Fsp3) is 0.579. The fourth-order valence-electron chi connectivity index (χ4n) is 2.43. The van der Waals surface area contributed by atoms with Crippen LogP contribution in [0.1, 0.15) is 64.0 Å². The molecule has 0 spiro atoms. The lowest BCUT2D eigenvalue weighted by Crippen LogP contribution is -2.25. The monoisotopic (exact) mass is 288 g/mol. The zero-order valence-corrected chi connectivity index (χ0v) is 13.8. The van der Waals surface area contributed by atoms with E-state index in [0.29, 0.717) is 5.92 Å². The minimum atomic E-state index is 0.0293. The van der Waals surface area contributed by atoms with Gasteiger partial charge in [0.15, 0.2) is 0 Å². The van der Waals surface area contributed by atoms with E-state index >= 15 is 0 Å². The Morgan fingerprint density at radius 3 is 2.57 bits per heavy atom. The second-order valence-electron chi connectivity index (χ2n) is 6.15. The molecule has 2 nitrogen and oxygen atoms in total. The van der Waals surface area contributed by atoms with Gasteiger partial charge < -0.3 is 5.32 Å². The quantitative estimate of drug-likeness (QED) is 0.630. The van der Waals surface area contributed by atoms with E-state index in [1.165, 1.54) is 31.2 Å². The second kappa shape index (κ2) is 10.4. The zero-order valence-electron chi connectivity index (χ0n) is 13.8. The van der Waals surface area contributed by atoms with Crippen LogP contribution in [-0.2, 0) is 11.2 Å². The molecule has 0 aliphatic carbocycles. The average Bonchev–Trinajstić information content (AvgIpc) is 2.44. The molecule has 0 aromatic heterocycles. The van der Waals surface area contributed by atoms with Crippen molar-refractivity contribution in [1.29, 1.82) is 0 Å². The maximum Gasteiger partial charge on any atom is 0.228 e. The van der Waals surface area contributed by atoms with Gasteiger partial charge in [0, 0.05) is 6.54 Å². The van der Waals surface area contributed by atoms with Gasteiger partial charge in [-0.05, 0) is 29.9 Å². The van der Waals surface area contributed by atoms with Gasteiger partial charge in [-0.2, -0.15) is 0 Å². The summed E-state index contributed by atoms with van der Waals surface area (Å²) in [5.41, 5.74) is 2.31. The molecule has 1 aromatic rings. The third-order valence-corrected chi connectivity index (χ3v) is 3.55. The Kier molecular flexibility index (Phi) is 8.80. The third-order valence-electron chi connectivity index (χ3n) is 3.55. The molecule has 0 aliphatic heterocycles. The summed E-state index contributed by atoms with van der Waals surface area (Å²) < 4.78 is 0. The van der Waals surface area contributed by atoms with Gasteiger partial charge in [-0.1, -0.05) is 70.7 Å². The van der Waals surface area contributed by atoms with Crippen LogP contribution >= 0.6 is 0 Å². The molecule has 1 aromatic carbocycles. The summed E-state index contributed by atoms with van der Waals surface area (Å²) in [6, 6.07) is 8.18. The molecule has 2 heteroatoms. The van der Waals surface area contributed by atoms with Crippen LogP contribution in [0.3, 0.4) is 0 Å². The molecule has 0 unspecified atom stereocenters. The molecule has 0 bridgehead atoms. The van der Waals surface area contributed by atoms with Gasteiger partial charge in [-0.3, -0.25) is 4.79 Å². The van der Waals surface area contributed by atoms with Crippen molar-refractivity contribution in [2.45, 2.75) is 59.3 Å². The highest BCUT2D eigenvalue weighted by Gasteiger charge is 2.09. The predicted octanol–water partition coefficient (Wildman–Crippen LogP) is 4.52. The highest BCUT2D eigenvalue weighted by molar-refractivity contribution is 5.88. The summed E-state index contributed by atoms with van der Waals surface area (Å²) in [5.74, 6) is 0.628. The molecule has 0 saturated heterocycles. The van der Waals surface area contributed by atoms with Crippen LogP contribution in [0, 0.1) is 12.3 Å². The number of nitrogens with one attached hydrogen (secondary N) is 1. The van der Waals surface area contributed by atoms with Gasteiger partial charge in [-0.25, -0.2) is 0 Å². The molecule has 1 radical (unpaired) electrons. The topological polar surface area (TPSA) is 29.1 Å². The SMILES string of the molecule is CCCCCCCNC(=O)[CH]c1ccccc1CC(C)C. The van der Waals surface area contributed by atoms with E-state index in [-0.39, 0.29) is 5.91 Å². The van der Waals surface area contributed by atoms with Crippen molar-refractivity contribution in [3.8, 4) is 0 Å². The molecular weight excluding hydrogens is 258 g/mol. The van der Waals surface area contributed by atoms with Crippen LogP contribution in [0.5, 0.6) is 0 Å². The van der Waals surface area contributed by atoms with Crippen LogP contribution in [0.2, 0.25) is 0 Å². The van der Waals surface area contributed by atoms with E-state index in [9.17, 15) is 4.79 Å². The lowest BCUT2D eigenvalue weighted by atomic mass is 9.96. The smallest absolute Gasteiger partial charge is 0.228 e. The summed E-state index contributed by atoms with van der Waals surface area (Å²) in [6.45, 7) is 7.40. The molecule has 117 valence electrons. The predicted molar refractivity (Wildman–Crippen MR) is 90.2 cm³/mol. The first-order valence-corrected chi connectivity index (χ1v) is 8.34. The van der Waals surface area contributed by atoms with Crippen LogP contribution in [0.15, 0.2) is 24.3 Å².